The normalized spacial score (nSPS) is 14.1. The van der Waals surface area contributed by atoms with Gasteiger partial charge in [-0.25, -0.2) is 4.79 Å². The number of ether oxygens (including phenoxy) is 2. The first-order chi connectivity index (χ1) is 13.6. The van der Waals surface area contributed by atoms with Crippen molar-refractivity contribution < 1.29 is 23.0 Å². The Balaban J connectivity index is 1.37. The van der Waals surface area contributed by atoms with E-state index in [2.05, 4.69) is 15.4 Å². The maximum atomic E-state index is 12.1. The first-order valence-electron chi connectivity index (χ1n) is 9.39. The molecule has 2 amide bonds. The Morgan fingerprint density at radius 1 is 0.893 bits per heavy atom. The van der Waals surface area contributed by atoms with Gasteiger partial charge in [0.25, 0.3) is 0 Å². The minimum Gasteiger partial charge on any atom is -0.490 e. The van der Waals surface area contributed by atoms with E-state index in [0.29, 0.717) is 12.6 Å². The summed E-state index contributed by atoms with van der Waals surface area (Å²) in [5, 5.41) is 5.51. The Kier molecular flexibility index (Phi) is 7.06. The predicted molar refractivity (Wildman–Crippen MR) is 101 cm³/mol. The molecule has 28 heavy (non-hydrogen) atoms. The Morgan fingerprint density at radius 3 is 1.89 bits per heavy atom. The standard InChI is InChI=1S/C21H24F2N2O3/c22-20(23)28-19-11-7-16(8-12-19)14-25-21(26)24-13-15-5-9-18(10-6-15)27-17-3-1-2-4-17/h5-12,17,20H,1-4,13-14H2,(H2,24,25,26). The summed E-state index contributed by atoms with van der Waals surface area (Å²) in [4.78, 5) is 11.9. The molecular formula is C21H24F2N2O3. The minimum absolute atomic E-state index is 0.0866. The Morgan fingerprint density at radius 2 is 1.39 bits per heavy atom. The van der Waals surface area contributed by atoms with E-state index in [1.54, 1.807) is 12.1 Å². The van der Waals surface area contributed by atoms with Gasteiger partial charge in [0.05, 0.1) is 6.10 Å². The van der Waals surface area contributed by atoms with Crippen LogP contribution in [0.4, 0.5) is 13.6 Å². The highest BCUT2D eigenvalue weighted by Gasteiger charge is 2.16. The summed E-state index contributed by atoms with van der Waals surface area (Å²) >= 11 is 0. The maximum absolute atomic E-state index is 12.1. The molecule has 2 aromatic carbocycles. The van der Waals surface area contributed by atoms with Crippen molar-refractivity contribution in [2.45, 2.75) is 51.5 Å². The van der Waals surface area contributed by atoms with Crippen molar-refractivity contribution in [1.29, 1.82) is 0 Å². The van der Waals surface area contributed by atoms with Gasteiger partial charge in [-0.3, -0.25) is 0 Å². The summed E-state index contributed by atoms with van der Waals surface area (Å²) in [5.41, 5.74) is 1.76. The van der Waals surface area contributed by atoms with Gasteiger partial charge < -0.3 is 20.1 Å². The van der Waals surface area contributed by atoms with Crippen molar-refractivity contribution in [2.75, 3.05) is 0 Å². The van der Waals surface area contributed by atoms with Crippen LogP contribution in [0.5, 0.6) is 11.5 Å². The summed E-state index contributed by atoms with van der Waals surface area (Å²) in [6, 6.07) is 13.6. The molecule has 2 aromatic rings. The van der Waals surface area contributed by atoms with E-state index in [1.807, 2.05) is 24.3 Å². The topological polar surface area (TPSA) is 59.6 Å². The largest absolute Gasteiger partial charge is 0.490 e. The lowest BCUT2D eigenvalue weighted by Crippen LogP contribution is -2.34. The number of hydrogen-bond donors (Lipinski definition) is 2. The molecule has 2 N–H and O–H groups in total. The van der Waals surface area contributed by atoms with Crippen LogP contribution in [0, 0.1) is 0 Å². The zero-order valence-corrected chi connectivity index (χ0v) is 15.5. The average Bonchev–Trinajstić information content (AvgIpc) is 3.19. The van der Waals surface area contributed by atoms with Crippen LogP contribution < -0.4 is 20.1 Å². The van der Waals surface area contributed by atoms with Crippen molar-refractivity contribution in [3.8, 4) is 11.5 Å². The van der Waals surface area contributed by atoms with Gasteiger partial charge in [0.2, 0.25) is 0 Å². The van der Waals surface area contributed by atoms with Gasteiger partial charge in [0.1, 0.15) is 11.5 Å². The molecule has 1 fully saturated rings. The number of hydrogen-bond acceptors (Lipinski definition) is 3. The first-order valence-corrected chi connectivity index (χ1v) is 9.39. The van der Waals surface area contributed by atoms with Crippen molar-refractivity contribution in [3.05, 3.63) is 59.7 Å². The Hall–Kier alpha value is -2.83. The van der Waals surface area contributed by atoms with Crippen LogP contribution >= 0.6 is 0 Å². The van der Waals surface area contributed by atoms with Crippen LogP contribution in [0.25, 0.3) is 0 Å². The lowest BCUT2D eigenvalue weighted by atomic mass is 10.2. The van der Waals surface area contributed by atoms with Crippen molar-refractivity contribution >= 4 is 6.03 Å². The van der Waals surface area contributed by atoms with E-state index in [-0.39, 0.29) is 18.3 Å². The monoisotopic (exact) mass is 390 g/mol. The number of carbonyl (C=O) groups is 1. The molecule has 5 nitrogen and oxygen atoms in total. The van der Waals surface area contributed by atoms with Crippen LogP contribution in [0.2, 0.25) is 0 Å². The predicted octanol–water partition coefficient (Wildman–Crippen LogP) is 4.61. The number of rotatable bonds is 8. The number of carbonyl (C=O) groups excluding carboxylic acids is 1. The third-order valence-corrected chi connectivity index (χ3v) is 4.58. The molecule has 0 saturated heterocycles. The maximum Gasteiger partial charge on any atom is 0.387 e. The van der Waals surface area contributed by atoms with Crippen molar-refractivity contribution in [1.82, 2.24) is 10.6 Å². The molecule has 0 atom stereocenters. The second kappa shape index (κ2) is 9.92. The van der Waals surface area contributed by atoms with E-state index in [1.165, 1.54) is 25.0 Å². The minimum atomic E-state index is -2.85. The number of benzene rings is 2. The van der Waals surface area contributed by atoms with Gasteiger partial charge in [-0.05, 0) is 61.1 Å². The number of amides is 2. The second-order valence-corrected chi connectivity index (χ2v) is 6.73. The van der Waals surface area contributed by atoms with Gasteiger partial charge in [-0.1, -0.05) is 24.3 Å². The van der Waals surface area contributed by atoms with E-state index < -0.39 is 6.61 Å². The molecule has 1 aliphatic rings. The lowest BCUT2D eigenvalue weighted by Gasteiger charge is -2.13. The molecule has 1 saturated carbocycles. The highest BCUT2D eigenvalue weighted by molar-refractivity contribution is 5.73. The molecule has 0 unspecified atom stereocenters. The zero-order valence-electron chi connectivity index (χ0n) is 15.5. The van der Waals surface area contributed by atoms with Crippen LogP contribution in [-0.4, -0.2) is 18.7 Å². The Labute approximate surface area is 163 Å². The highest BCUT2D eigenvalue weighted by atomic mass is 19.3. The molecular weight excluding hydrogens is 366 g/mol. The quantitative estimate of drug-likeness (QED) is 0.692. The molecule has 3 rings (SSSR count). The number of nitrogens with one attached hydrogen (secondary N) is 2. The third kappa shape index (κ3) is 6.40. The lowest BCUT2D eigenvalue weighted by molar-refractivity contribution is -0.0498. The van der Waals surface area contributed by atoms with E-state index in [4.69, 9.17) is 4.74 Å². The Bertz CT molecular complexity index is 745. The zero-order chi connectivity index (χ0) is 19.8. The van der Waals surface area contributed by atoms with E-state index >= 15 is 0 Å². The summed E-state index contributed by atoms with van der Waals surface area (Å²) in [5.74, 6) is 0.947. The van der Waals surface area contributed by atoms with Crippen molar-refractivity contribution in [3.63, 3.8) is 0 Å². The number of halogens is 2. The van der Waals surface area contributed by atoms with Gasteiger partial charge in [-0.2, -0.15) is 8.78 Å². The molecule has 0 radical (unpaired) electrons. The molecule has 0 aromatic heterocycles. The van der Waals surface area contributed by atoms with Gasteiger partial charge in [0.15, 0.2) is 0 Å². The fraction of sp³-hybridized carbons (Fsp3) is 0.381. The van der Waals surface area contributed by atoms with Crippen LogP contribution in [0.1, 0.15) is 36.8 Å². The highest BCUT2D eigenvalue weighted by Crippen LogP contribution is 2.24. The molecule has 0 spiro atoms. The molecule has 1 aliphatic carbocycles. The van der Waals surface area contributed by atoms with Crippen LogP contribution in [-0.2, 0) is 13.1 Å². The third-order valence-electron chi connectivity index (χ3n) is 4.58. The summed E-state index contributed by atoms with van der Waals surface area (Å²) < 4.78 is 34.4. The summed E-state index contributed by atoms with van der Waals surface area (Å²) in [6.45, 7) is -2.16. The molecule has 0 aliphatic heterocycles. The van der Waals surface area contributed by atoms with Gasteiger partial charge in [-0.15, -0.1) is 0 Å². The van der Waals surface area contributed by atoms with Gasteiger partial charge in [0, 0.05) is 13.1 Å². The van der Waals surface area contributed by atoms with Crippen molar-refractivity contribution in [2.24, 2.45) is 0 Å². The van der Waals surface area contributed by atoms with Crippen LogP contribution in [0.3, 0.4) is 0 Å². The molecule has 150 valence electrons. The van der Waals surface area contributed by atoms with E-state index in [9.17, 15) is 13.6 Å². The second-order valence-electron chi connectivity index (χ2n) is 6.73. The first kappa shape index (κ1) is 19.9. The molecule has 0 heterocycles. The number of urea groups is 1. The summed E-state index contributed by atoms with van der Waals surface area (Å²) in [7, 11) is 0. The fourth-order valence-electron chi connectivity index (χ4n) is 3.10. The smallest absolute Gasteiger partial charge is 0.387 e. The van der Waals surface area contributed by atoms with Gasteiger partial charge >= 0.3 is 12.6 Å². The molecule has 0 bridgehead atoms. The molecule has 7 heteroatoms. The van der Waals surface area contributed by atoms with E-state index in [0.717, 1.165) is 29.7 Å². The summed E-state index contributed by atoms with van der Waals surface area (Å²) in [6.07, 6.45) is 5.02. The SMILES string of the molecule is O=C(NCc1ccc(OC(F)F)cc1)NCc1ccc(OC2CCCC2)cc1. The number of alkyl halides is 2. The average molecular weight is 390 g/mol. The fourth-order valence-corrected chi connectivity index (χ4v) is 3.10. The van der Waals surface area contributed by atoms with Crippen LogP contribution in [0.15, 0.2) is 48.5 Å².